The zero-order chi connectivity index (χ0) is 11.3. The molecule has 0 aromatic heterocycles. The fraction of sp³-hybridized carbons (Fsp3) is 0.333. The lowest BCUT2D eigenvalue weighted by Crippen LogP contribution is -2.08. The van der Waals surface area contributed by atoms with Crippen molar-refractivity contribution in [2.45, 2.75) is 13.5 Å². The molecule has 0 fully saturated rings. The molecule has 0 bridgehead atoms. The molecular weight excluding hydrogens is 313 g/mol. The van der Waals surface area contributed by atoms with Crippen molar-refractivity contribution in [2.24, 2.45) is 0 Å². The Morgan fingerprint density at radius 3 is 2.53 bits per heavy atom. The van der Waals surface area contributed by atoms with E-state index in [2.05, 4.69) is 27.1 Å². The molecule has 1 aromatic carbocycles. The molecule has 15 heavy (non-hydrogen) atoms. The molecule has 0 amide bonds. The summed E-state index contributed by atoms with van der Waals surface area (Å²) in [5.41, 5.74) is 1.13. The molecule has 84 valence electrons. The van der Waals surface area contributed by atoms with E-state index in [1.54, 1.807) is 4.08 Å². The summed E-state index contributed by atoms with van der Waals surface area (Å²) in [5, 5.41) is 0. The van der Waals surface area contributed by atoms with E-state index < -0.39 is 6.49 Å². The second-order valence-electron chi connectivity index (χ2n) is 3.05. The number of hydrogen-bond donors (Lipinski definition) is 1. The highest BCUT2D eigenvalue weighted by atomic mass is 79.9. The minimum absolute atomic E-state index is 0.557. The average Bonchev–Trinajstić information content (AvgIpc) is 2.27. The van der Waals surface area contributed by atoms with E-state index in [0.29, 0.717) is 12.7 Å². The third kappa shape index (κ3) is 4.16. The third-order valence-corrected chi connectivity index (χ3v) is 8.57. The molecule has 0 aliphatic heterocycles. The summed E-state index contributed by atoms with van der Waals surface area (Å²) in [7, 11) is 1.30. The van der Waals surface area contributed by atoms with Gasteiger partial charge in [-0.1, -0.05) is 49.5 Å². The zero-order valence-electron chi connectivity index (χ0n) is 8.34. The van der Waals surface area contributed by atoms with Gasteiger partial charge >= 0.3 is 0 Å². The number of halogens is 1. The molecule has 0 saturated heterocycles. The van der Waals surface area contributed by atoms with Crippen LogP contribution in [0.4, 0.5) is 0 Å². The second-order valence-corrected chi connectivity index (χ2v) is 9.08. The van der Waals surface area contributed by atoms with Gasteiger partial charge in [0.05, 0.1) is 0 Å². The van der Waals surface area contributed by atoms with Gasteiger partial charge in [0.15, 0.2) is 0 Å². The van der Waals surface area contributed by atoms with Gasteiger partial charge in [0.1, 0.15) is 0 Å². The maximum Gasteiger partial charge on any atom is 0.210 e. The van der Waals surface area contributed by atoms with E-state index in [1.807, 2.05) is 37.3 Å². The number of rotatable bonds is 5. The predicted molar refractivity (Wildman–Crippen MR) is 75.6 cm³/mol. The van der Waals surface area contributed by atoms with Crippen LogP contribution in [0.1, 0.15) is 12.5 Å². The average molecular weight is 326 g/mol. The van der Waals surface area contributed by atoms with E-state index in [9.17, 15) is 4.57 Å². The van der Waals surface area contributed by atoms with Gasteiger partial charge in [0.25, 0.3) is 0 Å². The van der Waals surface area contributed by atoms with Crippen molar-refractivity contribution in [3.63, 3.8) is 0 Å². The highest BCUT2D eigenvalue weighted by molar-refractivity contribution is 9.50. The van der Waals surface area contributed by atoms with E-state index >= 15 is 0 Å². The quantitative estimate of drug-likeness (QED) is 0.485. The Balaban J connectivity index is 2.75. The molecule has 0 radical (unpaired) electrons. The molecule has 2 nitrogen and oxygen atoms in total. The molecule has 0 N–H and O–H groups in total. The monoisotopic (exact) mass is 325 g/mol. The van der Waals surface area contributed by atoms with E-state index in [-0.39, 0.29) is 0 Å². The molecule has 6 heteroatoms. The summed E-state index contributed by atoms with van der Waals surface area (Å²) in [5.74, 6) is 0. The lowest BCUT2D eigenvalue weighted by Gasteiger charge is -2.23. The Morgan fingerprint density at radius 2 is 2.07 bits per heavy atom. The van der Waals surface area contributed by atoms with Crippen LogP contribution in [0.3, 0.4) is 0 Å². The first-order valence-corrected chi connectivity index (χ1v) is 10.1. The molecule has 1 aromatic rings. The van der Waals surface area contributed by atoms with Crippen LogP contribution < -0.4 is 0 Å². The smallest absolute Gasteiger partial charge is 0.210 e. The largest absolute Gasteiger partial charge is 0.294 e. The van der Waals surface area contributed by atoms with Crippen LogP contribution in [0.5, 0.6) is 0 Å². The van der Waals surface area contributed by atoms with Gasteiger partial charge in [0, 0.05) is 37.9 Å². The van der Waals surface area contributed by atoms with Gasteiger partial charge in [-0.3, -0.25) is 4.57 Å². The fourth-order valence-electron chi connectivity index (χ4n) is 1.08. The SMILES string of the molecule is CCP(=O)(S)N(Cc1ccccc1)SBr. The van der Waals surface area contributed by atoms with Crippen molar-refractivity contribution in [2.75, 3.05) is 6.16 Å². The molecule has 1 rings (SSSR count). The van der Waals surface area contributed by atoms with Gasteiger partial charge < -0.3 is 0 Å². The van der Waals surface area contributed by atoms with Gasteiger partial charge in [-0.2, -0.15) is 4.08 Å². The normalized spacial score (nSPS) is 15.2. The molecule has 1 unspecified atom stereocenters. The maximum absolute atomic E-state index is 12.1. The van der Waals surface area contributed by atoms with Crippen molar-refractivity contribution < 1.29 is 4.57 Å². The molecule has 0 heterocycles. The highest BCUT2D eigenvalue weighted by Crippen LogP contribution is 2.59. The van der Waals surface area contributed by atoms with Crippen molar-refractivity contribution in [3.05, 3.63) is 35.9 Å². The molecule has 1 atom stereocenters. The lowest BCUT2D eigenvalue weighted by atomic mass is 10.2. The summed E-state index contributed by atoms with van der Waals surface area (Å²) in [6.45, 7) is 0.00910. The number of hydrogen-bond acceptors (Lipinski definition) is 2. The van der Waals surface area contributed by atoms with Crippen molar-refractivity contribution >= 4 is 43.9 Å². The number of thiol groups is 1. The van der Waals surface area contributed by atoms with Crippen LogP contribution in [0.15, 0.2) is 30.3 Å². The molecule has 0 aliphatic carbocycles. The summed E-state index contributed by atoms with van der Waals surface area (Å²) >= 11 is 7.49. The fourth-order valence-corrected chi connectivity index (χ4v) is 6.32. The summed E-state index contributed by atoms with van der Waals surface area (Å²) in [6.07, 6.45) is 0.557. The highest BCUT2D eigenvalue weighted by Gasteiger charge is 2.24. The minimum atomic E-state index is -2.51. The number of benzene rings is 1. The Bertz CT molecular complexity index is 349. The molecule has 0 spiro atoms. The van der Waals surface area contributed by atoms with Crippen LogP contribution in [-0.4, -0.2) is 10.2 Å². The van der Waals surface area contributed by atoms with Crippen molar-refractivity contribution in [1.82, 2.24) is 4.08 Å². The zero-order valence-corrected chi connectivity index (χ0v) is 12.5. The van der Waals surface area contributed by atoms with Crippen LogP contribution in [0.2, 0.25) is 0 Å². The van der Waals surface area contributed by atoms with E-state index in [1.165, 1.54) is 10.4 Å². The van der Waals surface area contributed by atoms with Gasteiger partial charge in [-0.05, 0) is 5.56 Å². The molecule has 0 saturated carbocycles. The van der Waals surface area contributed by atoms with Crippen LogP contribution in [-0.2, 0) is 11.1 Å². The van der Waals surface area contributed by atoms with Crippen LogP contribution >= 0.6 is 43.9 Å². The Kier molecular flexibility index (Phi) is 5.79. The Morgan fingerprint density at radius 1 is 1.47 bits per heavy atom. The van der Waals surface area contributed by atoms with Crippen LogP contribution in [0, 0.1) is 0 Å². The third-order valence-electron chi connectivity index (χ3n) is 2.00. The standard InChI is InChI=1S/C9H13BrNOPS2/c1-2-13(12,14)11(15-10)8-9-6-4-3-5-7-9/h3-7H,2,8H2,1H3,(H,12,14). The second kappa shape index (κ2) is 6.36. The first kappa shape index (κ1) is 13.7. The first-order chi connectivity index (χ1) is 7.10. The summed E-state index contributed by atoms with van der Waals surface area (Å²) in [4.78, 5) is 0. The summed E-state index contributed by atoms with van der Waals surface area (Å²) < 4.78 is 13.8. The van der Waals surface area contributed by atoms with Gasteiger partial charge in [-0.15, -0.1) is 0 Å². The number of nitrogens with zero attached hydrogens (tertiary/aromatic N) is 1. The van der Waals surface area contributed by atoms with Gasteiger partial charge in [-0.25, -0.2) is 0 Å². The predicted octanol–water partition coefficient (Wildman–Crippen LogP) is 4.59. The van der Waals surface area contributed by atoms with Gasteiger partial charge in [0.2, 0.25) is 6.49 Å². The van der Waals surface area contributed by atoms with Crippen molar-refractivity contribution in [3.8, 4) is 0 Å². The van der Waals surface area contributed by atoms with E-state index in [4.69, 9.17) is 0 Å². The molecular formula is C9H13BrNOPS2. The first-order valence-electron chi connectivity index (χ1n) is 4.52. The Labute approximate surface area is 108 Å². The lowest BCUT2D eigenvalue weighted by molar-refractivity contribution is 0.548. The molecule has 0 aliphatic rings. The van der Waals surface area contributed by atoms with E-state index in [0.717, 1.165) is 5.56 Å². The van der Waals surface area contributed by atoms with Crippen LogP contribution in [0.25, 0.3) is 0 Å². The summed E-state index contributed by atoms with van der Waals surface area (Å²) in [6, 6.07) is 9.94. The minimum Gasteiger partial charge on any atom is -0.294 e. The Hall–Kier alpha value is 0.590. The van der Waals surface area contributed by atoms with Crippen molar-refractivity contribution in [1.29, 1.82) is 0 Å². The maximum atomic E-state index is 12.1. The topological polar surface area (TPSA) is 20.3 Å².